The molecule has 0 aliphatic heterocycles. The van der Waals surface area contributed by atoms with E-state index in [1.807, 2.05) is 13.8 Å². The van der Waals surface area contributed by atoms with E-state index in [1.54, 1.807) is 0 Å². The van der Waals surface area contributed by atoms with Gasteiger partial charge < -0.3 is 11.1 Å². The molecule has 1 amide bonds. The lowest BCUT2D eigenvalue weighted by atomic mass is 9.81. The minimum Gasteiger partial charge on any atom is -0.352 e. The largest absolute Gasteiger partial charge is 0.352 e. The second kappa shape index (κ2) is 7.09. The van der Waals surface area contributed by atoms with E-state index >= 15 is 0 Å². The second-order valence-electron chi connectivity index (χ2n) is 5.54. The number of hydrogen-bond acceptors (Lipinski definition) is 2. The van der Waals surface area contributed by atoms with Gasteiger partial charge in [0.1, 0.15) is 0 Å². The quantitative estimate of drug-likeness (QED) is 0.877. The highest BCUT2D eigenvalue weighted by atomic mass is 35.5. The molecule has 3 N–H and O–H groups in total. The SMILES string of the molecule is CCC(CC)(CN)C(=O)NC1Cc2ccccc2C1.Cl. The van der Waals surface area contributed by atoms with E-state index in [-0.39, 0.29) is 24.4 Å². The number of carbonyl (C=O) groups is 1. The molecular formula is C16H25ClN2O. The number of carbonyl (C=O) groups excluding carboxylic acids is 1. The maximum atomic E-state index is 12.5. The average Bonchev–Trinajstić information content (AvgIpc) is 2.83. The smallest absolute Gasteiger partial charge is 0.227 e. The van der Waals surface area contributed by atoms with Crippen LogP contribution in [0.4, 0.5) is 0 Å². The molecule has 2 rings (SSSR count). The number of amides is 1. The monoisotopic (exact) mass is 296 g/mol. The Balaban J connectivity index is 0.00000200. The highest BCUT2D eigenvalue weighted by Gasteiger charge is 2.35. The van der Waals surface area contributed by atoms with Gasteiger partial charge in [-0.25, -0.2) is 0 Å². The normalized spacial score (nSPS) is 14.6. The zero-order chi connectivity index (χ0) is 13.9. The fourth-order valence-corrected chi connectivity index (χ4v) is 2.95. The predicted octanol–water partition coefficient (Wildman–Crippen LogP) is 2.46. The first-order chi connectivity index (χ1) is 9.15. The molecule has 0 bridgehead atoms. The Morgan fingerprint density at radius 2 is 1.75 bits per heavy atom. The van der Waals surface area contributed by atoms with Crippen molar-refractivity contribution in [2.24, 2.45) is 11.1 Å². The summed E-state index contributed by atoms with van der Waals surface area (Å²) in [6.07, 6.45) is 3.48. The van der Waals surface area contributed by atoms with Gasteiger partial charge >= 0.3 is 0 Å². The number of benzene rings is 1. The van der Waals surface area contributed by atoms with Gasteiger partial charge in [-0.3, -0.25) is 4.79 Å². The maximum absolute atomic E-state index is 12.5. The molecule has 0 saturated carbocycles. The molecule has 1 aromatic rings. The lowest BCUT2D eigenvalue weighted by Gasteiger charge is -2.30. The Morgan fingerprint density at radius 1 is 1.25 bits per heavy atom. The Morgan fingerprint density at radius 3 is 2.15 bits per heavy atom. The number of halogens is 1. The van der Waals surface area contributed by atoms with Crippen LogP contribution in [0.1, 0.15) is 37.8 Å². The molecule has 0 atom stereocenters. The maximum Gasteiger partial charge on any atom is 0.227 e. The first-order valence-corrected chi connectivity index (χ1v) is 7.23. The molecule has 20 heavy (non-hydrogen) atoms. The Hall–Kier alpha value is -1.06. The van der Waals surface area contributed by atoms with Crippen molar-refractivity contribution in [1.82, 2.24) is 5.32 Å². The third-order valence-electron chi connectivity index (χ3n) is 4.61. The van der Waals surface area contributed by atoms with Crippen LogP contribution in [0.2, 0.25) is 0 Å². The molecule has 0 aromatic heterocycles. The summed E-state index contributed by atoms with van der Waals surface area (Å²) >= 11 is 0. The van der Waals surface area contributed by atoms with Crippen LogP contribution in [-0.4, -0.2) is 18.5 Å². The summed E-state index contributed by atoms with van der Waals surface area (Å²) in [5.41, 5.74) is 8.15. The van der Waals surface area contributed by atoms with Gasteiger partial charge in [-0.15, -0.1) is 12.4 Å². The molecule has 0 spiro atoms. The summed E-state index contributed by atoms with van der Waals surface area (Å²) in [5, 5.41) is 3.20. The number of nitrogens with two attached hydrogens (primary N) is 1. The minimum atomic E-state index is -0.394. The summed E-state index contributed by atoms with van der Waals surface area (Å²) in [6.45, 7) is 4.50. The van der Waals surface area contributed by atoms with Crippen LogP contribution in [-0.2, 0) is 17.6 Å². The standard InChI is InChI=1S/C16H24N2O.ClH/c1-3-16(4-2,11-17)15(19)18-14-9-12-7-5-6-8-13(12)10-14;/h5-8,14H,3-4,9-11,17H2,1-2H3,(H,18,19);1H. The Labute approximate surface area is 127 Å². The first kappa shape index (κ1) is 17.0. The molecule has 112 valence electrons. The average molecular weight is 297 g/mol. The van der Waals surface area contributed by atoms with Crippen LogP contribution >= 0.6 is 12.4 Å². The summed E-state index contributed by atoms with van der Waals surface area (Å²) in [6, 6.07) is 8.65. The summed E-state index contributed by atoms with van der Waals surface area (Å²) in [5.74, 6) is 0.123. The molecule has 4 heteroatoms. The topological polar surface area (TPSA) is 55.1 Å². The fourth-order valence-electron chi connectivity index (χ4n) is 2.95. The van der Waals surface area contributed by atoms with Crippen molar-refractivity contribution in [2.75, 3.05) is 6.54 Å². The molecule has 0 saturated heterocycles. The van der Waals surface area contributed by atoms with Gasteiger partial charge in [-0.2, -0.15) is 0 Å². The van der Waals surface area contributed by atoms with Crippen molar-refractivity contribution in [1.29, 1.82) is 0 Å². The lowest BCUT2D eigenvalue weighted by molar-refractivity contribution is -0.131. The molecule has 3 nitrogen and oxygen atoms in total. The van der Waals surface area contributed by atoms with Crippen LogP contribution in [0.3, 0.4) is 0 Å². The van der Waals surface area contributed by atoms with Gasteiger partial charge in [-0.1, -0.05) is 38.1 Å². The number of hydrogen-bond donors (Lipinski definition) is 2. The van der Waals surface area contributed by atoms with Crippen LogP contribution in [0.15, 0.2) is 24.3 Å². The molecule has 0 heterocycles. The summed E-state index contributed by atoms with van der Waals surface area (Å²) in [4.78, 5) is 12.5. The van der Waals surface area contributed by atoms with E-state index in [0.29, 0.717) is 6.54 Å². The van der Waals surface area contributed by atoms with Crippen LogP contribution in [0, 0.1) is 5.41 Å². The zero-order valence-corrected chi connectivity index (χ0v) is 13.1. The number of fused-ring (bicyclic) bond motifs is 1. The van der Waals surface area contributed by atoms with Crippen LogP contribution in [0.5, 0.6) is 0 Å². The highest BCUT2D eigenvalue weighted by Crippen LogP contribution is 2.27. The van der Waals surface area contributed by atoms with Crippen molar-refractivity contribution in [3.63, 3.8) is 0 Å². The van der Waals surface area contributed by atoms with E-state index in [0.717, 1.165) is 25.7 Å². The summed E-state index contributed by atoms with van der Waals surface area (Å²) in [7, 11) is 0. The van der Waals surface area contributed by atoms with E-state index in [2.05, 4.69) is 29.6 Å². The molecule has 0 fully saturated rings. The van der Waals surface area contributed by atoms with Crippen molar-refractivity contribution >= 4 is 18.3 Å². The molecule has 1 aliphatic rings. The highest BCUT2D eigenvalue weighted by molar-refractivity contribution is 5.85. The van der Waals surface area contributed by atoms with Gasteiger partial charge in [0.05, 0.1) is 5.41 Å². The fraction of sp³-hybridized carbons (Fsp3) is 0.562. The van der Waals surface area contributed by atoms with Gasteiger partial charge in [0, 0.05) is 12.6 Å². The van der Waals surface area contributed by atoms with E-state index in [1.165, 1.54) is 11.1 Å². The van der Waals surface area contributed by atoms with Gasteiger partial charge in [0.25, 0.3) is 0 Å². The van der Waals surface area contributed by atoms with Crippen LogP contribution in [0.25, 0.3) is 0 Å². The molecule has 0 radical (unpaired) electrons. The first-order valence-electron chi connectivity index (χ1n) is 7.23. The zero-order valence-electron chi connectivity index (χ0n) is 12.3. The second-order valence-corrected chi connectivity index (χ2v) is 5.54. The Kier molecular flexibility index (Phi) is 6.03. The van der Waals surface area contributed by atoms with Gasteiger partial charge in [0.15, 0.2) is 0 Å². The molecule has 1 aliphatic carbocycles. The van der Waals surface area contributed by atoms with E-state index in [4.69, 9.17) is 5.73 Å². The van der Waals surface area contributed by atoms with Crippen molar-refractivity contribution in [3.05, 3.63) is 35.4 Å². The number of rotatable bonds is 5. The van der Waals surface area contributed by atoms with Crippen molar-refractivity contribution < 1.29 is 4.79 Å². The van der Waals surface area contributed by atoms with Crippen molar-refractivity contribution in [2.45, 2.75) is 45.6 Å². The van der Waals surface area contributed by atoms with E-state index < -0.39 is 5.41 Å². The van der Waals surface area contributed by atoms with Gasteiger partial charge in [0.2, 0.25) is 5.91 Å². The third-order valence-corrected chi connectivity index (χ3v) is 4.61. The Bertz CT molecular complexity index is 424. The summed E-state index contributed by atoms with van der Waals surface area (Å²) < 4.78 is 0. The third kappa shape index (κ3) is 3.15. The van der Waals surface area contributed by atoms with Crippen LogP contribution < -0.4 is 11.1 Å². The lowest BCUT2D eigenvalue weighted by Crippen LogP contribution is -2.49. The molecule has 0 unspecified atom stereocenters. The predicted molar refractivity (Wildman–Crippen MR) is 85.1 cm³/mol. The molecule has 1 aromatic carbocycles. The van der Waals surface area contributed by atoms with Gasteiger partial charge in [-0.05, 0) is 36.8 Å². The van der Waals surface area contributed by atoms with Crippen molar-refractivity contribution in [3.8, 4) is 0 Å². The number of nitrogens with one attached hydrogen (secondary N) is 1. The molecular weight excluding hydrogens is 272 g/mol. The minimum absolute atomic E-state index is 0. The van der Waals surface area contributed by atoms with E-state index in [9.17, 15) is 4.79 Å².